The Morgan fingerprint density at radius 1 is 1.25 bits per heavy atom. The molecule has 1 aromatic heterocycles. The molecular weight excluding hydrogens is 168 g/mol. The predicted molar refractivity (Wildman–Crippen MR) is 52.3 cm³/mol. The third-order valence-corrected chi connectivity index (χ3v) is 3.10. The van der Waals surface area contributed by atoms with E-state index in [0.29, 0.717) is 0 Å². The van der Waals surface area contributed by atoms with E-state index in [2.05, 4.69) is 34.4 Å². The van der Waals surface area contributed by atoms with Crippen molar-refractivity contribution in [1.29, 1.82) is 0 Å². The topological polar surface area (TPSA) is 24.1 Å². The molecule has 0 aliphatic carbocycles. The number of rotatable bonds is 0. The molecule has 2 nitrogen and oxygen atoms in total. The second-order valence-corrected chi connectivity index (χ2v) is 3.86. The Balaban J connectivity index is 2.46. The molecule has 12 heavy (non-hydrogen) atoms. The summed E-state index contributed by atoms with van der Waals surface area (Å²) in [6.45, 7) is 0.932. The van der Waals surface area contributed by atoms with Crippen molar-refractivity contribution in [1.82, 2.24) is 5.43 Å². The summed E-state index contributed by atoms with van der Waals surface area (Å²) < 4.78 is 1.35. The van der Waals surface area contributed by atoms with Gasteiger partial charge in [0.2, 0.25) is 0 Å². The maximum atomic E-state index is 3.19. The largest absolute Gasteiger partial charge is 0.320 e. The number of thiophene rings is 1. The molecule has 0 amide bonds. The lowest BCUT2D eigenvalue weighted by Gasteiger charge is -1.99. The highest BCUT2D eigenvalue weighted by molar-refractivity contribution is 7.17. The van der Waals surface area contributed by atoms with Crippen LogP contribution in [0, 0.1) is 0 Å². The Morgan fingerprint density at radius 3 is 3.25 bits per heavy atom. The second-order valence-electron chi connectivity index (χ2n) is 2.91. The van der Waals surface area contributed by atoms with Crippen LogP contribution in [0.25, 0.3) is 10.1 Å². The standard InChI is InChI=1S/C9H8N2S/c1-2-8-7(3-4-12-8)9-6(1)5-10-11-9/h1-4,10-11H,5H2. The molecule has 0 atom stereocenters. The van der Waals surface area contributed by atoms with Gasteiger partial charge in [-0.15, -0.1) is 11.3 Å². The zero-order chi connectivity index (χ0) is 7.97. The molecule has 60 valence electrons. The summed E-state index contributed by atoms with van der Waals surface area (Å²) >= 11 is 1.79. The maximum absolute atomic E-state index is 3.19. The lowest BCUT2D eigenvalue weighted by molar-refractivity contribution is 0.860. The zero-order valence-corrected chi connectivity index (χ0v) is 7.24. The fourth-order valence-electron chi connectivity index (χ4n) is 1.61. The van der Waals surface area contributed by atoms with Crippen LogP contribution in [-0.4, -0.2) is 0 Å². The molecule has 0 fully saturated rings. The number of hydrogen-bond donors (Lipinski definition) is 2. The van der Waals surface area contributed by atoms with Crippen molar-refractivity contribution in [2.45, 2.75) is 6.54 Å². The first kappa shape index (κ1) is 6.46. The van der Waals surface area contributed by atoms with E-state index < -0.39 is 0 Å². The lowest BCUT2D eigenvalue weighted by atomic mass is 10.1. The minimum Gasteiger partial charge on any atom is -0.320 e. The molecule has 0 radical (unpaired) electrons. The van der Waals surface area contributed by atoms with Crippen molar-refractivity contribution >= 4 is 27.1 Å². The predicted octanol–water partition coefficient (Wildman–Crippen LogP) is 2.33. The second kappa shape index (κ2) is 2.21. The molecule has 3 heteroatoms. The molecule has 1 aromatic carbocycles. The molecule has 1 aliphatic rings. The van der Waals surface area contributed by atoms with Gasteiger partial charge in [-0.2, -0.15) is 0 Å². The van der Waals surface area contributed by atoms with Crippen LogP contribution < -0.4 is 10.9 Å². The summed E-state index contributed by atoms with van der Waals surface area (Å²) in [4.78, 5) is 0. The van der Waals surface area contributed by atoms with Gasteiger partial charge in [0.15, 0.2) is 0 Å². The lowest BCUT2D eigenvalue weighted by Crippen LogP contribution is -2.10. The Bertz CT molecular complexity index is 433. The smallest absolute Gasteiger partial charge is 0.0620 e. The maximum Gasteiger partial charge on any atom is 0.0620 e. The van der Waals surface area contributed by atoms with Crippen LogP contribution in [0.5, 0.6) is 0 Å². The summed E-state index contributed by atoms with van der Waals surface area (Å²) in [7, 11) is 0. The number of hydrazine groups is 1. The normalized spacial score (nSPS) is 14.7. The van der Waals surface area contributed by atoms with Gasteiger partial charge in [-0.25, -0.2) is 5.43 Å². The molecule has 1 aliphatic heterocycles. The van der Waals surface area contributed by atoms with Gasteiger partial charge in [0.25, 0.3) is 0 Å². The van der Waals surface area contributed by atoms with E-state index in [4.69, 9.17) is 0 Å². The molecule has 0 saturated heterocycles. The first-order valence-corrected chi connectivity index (χ1v) is 4.81. The van der Waals surface area contributed by atoms with E-state index in [1.165, 1.54) is 21.3 Å². The van der Waals surface area contributed by atoms with Crippen molar-refractivity contribution in [3.8, 4) is 0 Å². The van der Waals surface area contributed by atoms with Gasteiger partial charge < -0.3 is 5.43 Å². The molecule has 0 spiro atoms. The molecule has 2 N–H and O–H groups in total. The van der Waals surface area contributed by atoms with Gasteiger partial charge in [-0.3, -0.25) is 0 Å². The summed E-state index contributed by atoms with van der Waals surface area (Å²) in [5.41, 5.74) is 8.93. The molecule has 0 bridgehead atoms. The van der Waals surface area contributed by atoms with Gasteiger partial charge >= 0.3 is 0 Å². The molecular formula is C9H8N2S. The van der Waals surface area contributed by atoms with E-state index in [0.717, 1.165) is 6.54 Å². The number of fused-ring (bicyclic) bond motifs is 3. The van der Waals surface area contributed by atoms with Crippen molar-refractivity contribution in [2.75, 3.05) is 5.43 Å². The van der Waals surface area contributed by atoms with E-state index in [9.17, 15) is 0 Å². The van der Waals surface area contributed by atoms with E-state index >= 15 is 0 Å². The van der Waals surface area contributed by atoms with Crippen LogP contribution in [0.1, 0.15) is 5.56 Å². The summed E-state index contributed by atoms with van der Waals surface area (Å²) in [5, 5.41) is 3.47. The van der Waals surface area contributed by atoms with Gasteiger partial charge in [0.1, 0.15) is 0 Å². The number of nitrogens with one attached hydrogen (secondary N) is 2. The van der Waals surface area contributed by atoms with Crippen LogP contribution in [0.2, 0.25) is 0 Å². The van der Waals surface area contributed by atoms with Crippen molar-refractivity contribution in [3.63, 3.8) is 0 Å². The third-order valence-electron chi connectivity index (χ3n) is 2.21. The summed E-state index contributed by atoms with van der Waals surface area (Å²) in [6, 6.07) is 6.54. The minimum absolute atomic E-state index is 0.932. The Kier molecular flexibility index (Phi) is 1.19. The first-order valence-electron chi connectivity index (χ1n) is 3.93. The number of benzene rings is 1. The third kappa shape index (κ3) is 0.722. The highest BCUT2D eigenvalue weighted by Gasteiger charge is 2.12. The van der Waals surface area contributed by atoms with Crippen molar-refractivity contribution in [2.24, 2.45) is 0 Å². The first-order chi connectivity index (χ1) is 5.95. The Hall–Kier alpha value is -1.06. The van der Waals surface area contributed by atoms with Crippen LogP contribution in [-0.2, 0) is 6.54 Å². The van der Waals surface area contributed by atoms with Crippen LogP contribution in [0.15, 0.2) is 23.6 Å². The quantitative estimate of drug-likeness (QED) is 0.643. The van der Waals surface area contributed by atoms with Crippen molar-refractivity contribution in [3.05, 3.63) is 29.1 Å². The SMILES string of the molecule is c1cc2c3c(ccc2s1)CNN3. The van der Waals surface area contributed by atoms with E-state index in [1.807, 2.05) is 0 Å². The fraction of sp³-hybridized carbons (Fsp3) is 0.111. The van der Waals surface area contributed by atoms with Gasteiger partial charge in [-0.05, 0) is 23.1 Å². The highest BCUT2D eigenvalue weighted by Crippen LogP contribution is 2.32. The Morgan fingerprint density at radius 2 is 2.25 bits per heavy atom. The van der Waals surface area contributed by atoms with Crippen LogP contribution in [0.3, 0.4) is 0 Å². The molecule has 3 rings (SSSR count). The molecule has 0 saturated carbocycles. The van der Waals surface area contributed by atoms with Crippen molar-refractivity contribution < 1.29 is 0 Å². The average Bonchev–Trinajstić information content (AvgIpc) is 2.71. The van der Waals surface area contributed by atoms with E-state index in [-0.39, 0.29) is 0 Å². The molecule has 2 heterocycles. The molecule has 0 unspecified atom stereocenters. The van der Waals surface area contributed by atoms with Gasteiger partial charge in [0, 0.05) is 16.6 Å². The van der Waals surface area contributed by atoms with Crippen LogP contribution in [0.4, 0.5) is 5.69 Å². The monoisotopic (exact) mass is 176 g/mol. The number of anilines is 1. The minimum atomic E-state index is 0.932. The number of hydrogen-bond acceptors (Lipinski definition) is 3. The van der Waals surface area contributed by atoms with Gasteiger partial charge in [0.05, 0.1) is 5.69 Å². The Labute approximate surface area is 74.2 Å². The zero-order valence-electron chi connectivity index (χ0n) is 6.42. The van der Waals surface area contributed by atoms with Gasteiger partial charge in [-0.1, -0.05) is 6.07 Å². The molecule has 2 aromatic rings. The highest BCUT2D eigenvalue weighted by atomic mass is 32.1. The van der Waals surface area contributed by atoms with Crippen LogP contribution >= 0.6 is 11.3 Å². The fourth-order valence-corrected chi connectivity index (χ4v) is 2.41. The summed E-state index contributed by atoms with van der Waals surface area (Å²) in [6.07, 6.45) is 0. The average molecular weight is 176 g/mol. The van der Waals surface area contributed by atoms with E-state index in [1.54, 1.807) is 11.3 Å². The summed E-state index contributed by atoms with van der Waals surface area (Å²) in [5.74, 6) is 0.